The van der Waals surface area contributed by atoms with Crippen molar-refractivity contribution in [3.8, 4) is 0 Å². The maximum absolute atomic E-state index is 4.67. The van der Waals surface area contributed by atoms with Crippen molar-refractivity contribution in [2.24, 2.45) is 11.8 Å². The molecule has 0 fully saturated rings. The molecule has 1 aromatic rings. The lowest BCUT2D eigenvalue weighted by Gasteiger charge is -2.12. The van der Waals surface area contributed by atoms with Gasteiger partial charge in [0.15, 0.2) is 0 Å². The molecule has 2 unspecified atom stereocenters. The van der Waals surface area contributed by atoms with Crippen LogP contribution in [0.3, 0.4) is 0 Å². The number of rotatable bonds is 9. The second-order valence-corrected chi connectivity index (χ2v) is 6.24. The summed E-state index contributed by atoms with van der Waals surface area (Å²) in [5, 5.41) is 8.18. The van der Waals surface area contributed by atoms with E-state index in [-0.39, 0.29) is 0 Å². The molecule has 110 valence electrons. The fourth-order valence-corrected chi connectivity index (χ4v) is 2.12. The molecule has 1 aromatic heterocycles. The predicted octanol–water partition coefficient (Wildman–Crippen LogP) is 3.67. The van der Waals surface area contributed by atoms with Crippen LogP contribution in [0.5, 0.6) is 0 Å². The van der Waals surface area contributed by atoms with Crippen LogP contribution in [-0.2, 0) is 6.42 Å². The van der Waals surface area contributed by atoms with Crippen LogP contribution in [0, 0.1) is 11.8 Å². The second kappa shape index (κ2) is 8.36. The van der Waals surface area contributed by atoms with E-state index >= 15 is 0 Å². The van der Waals surface area contributed by atoms with Crippen molar-refractivity contribution in [3.05, 3.63) is 18.0 Å². The van der Waals surface area contributed by atoms with Gasteiger partial charge in [0.25, 0.3) is 0 Å². The van der Waals surface area contributed by atoms with Crippen molar-refractivity contribution in [1.29, 1.82) is 0 Å². The monoisotopic (exact) mass is 265 g/mol. The summed E-state index contributed by atoms with van der Waals surface area (Å²) in [5.74, 6) is 1.43. The third-order valence-corrected chi connectivity index (χ3v) is 3.63. The maximum atomic E-state index is 4.67. The van der Waals surface area contributed by atoms with Gasteiger partial charge in [0.05, 0.1) is 5.69 Å². The largest absolute Gasteiger partial charge is 0.316 e. The van der Waals surface area contributed by atoms with Gasteiger partial charge in [-0.15, -0.1) is 0 Å². The molecular weight excluding hydrogens is 234 g/mol. The first-order valence-corrected chi connectivity index (χ1v) is 7.77. The van der Waals surface area contributed by atoms with Gasteiger partial charge >= 0.3 is 0 Å². The quantitative estimate of drug-likeness (QED) is 0.690. The minimum atomic E-state index is 0.511. The molecule has 0 spiro atoms. The van der Waals surface area contributed by atoms with Crippen LogP contribution < -0.4 is 5.32 Å². The topological polar surface area (TPSA) is 29.9 Å². The zero-order valence-electron chi connectivity index (χ0n) is 13.3. The van der Waals surface area contributed by atoms with E-state index in [2.05, 4.69) is 62.0 Å². The summed E-state index contributed by atoms with van der Waals surface area (Å²) < 4.78 is 2.10. The molecule has 3 nitrogen and oxygen atoms in total. The molecule has 0 bridgehead atoms. The summed E-state index contributed by atoms with van der Waals surface area (Å²) in [4.78, 5) is 0. The summed E-state index contributed by atoms with van der Waals surface area (Å²) in [6.45, 7) is 13.5. The first kappa shape index (κ1) is 16.2. The summed E-state index contributed by atoms with van der Waals surface area (Å²) >= 11 is 0. The van der Waals surface area contributed by atoms with Gasteiger partial charge in [-0.05, 0) is 57.2 Å². The standard InChI is InChI=1S/C16H31N3/c1-6-15(5)19-10-8-16(18-19)11-14(4)7-9-17-12-13(2)3/h8,10,13-15,17H,6-7,9,11-12H2,1-5H3. The van der Waals surface area contributed by atoms with E-state index in [0.717, 1.165) is 31.8 Å². The van der Waals surface area contributed by atoms with E-state index in [1.54, 1.807) is 0 Å². The average Bonchev–Trinajstić information content (AvgIpc) is 2.82. The first-order chi connectivity index (χ1) is 9.02. The molecule has 0 amide bonds. The molecule has 19 heavy (non-hydrogen) atoms. The van der Waals surface area contributed by atoms with Crippen LogP contribution in [0.4, 0.5) is 0 Å². The molecular formula is C16H31N3. The summed E-state index contributed by atoms with van der Waals surface area (Å²) in [5.41, 5.74) is 1.23. The van der Waals surface area contributed by atoms with Crippen molar-refractivity contribution < 1.29 is 0 Å². The first-order valence-electron chi connectivity index (χ1n) is 7.77. The van der Waals surface area contributed by atoms with Crippen LogP contribution in [0.25, 0.3) is 0 Å². The Balaban J connectivity index is 2.28. The minimum absolute atomic E-state index is 0.511. The van der Waals surface area contributed by atoms with Gasteiger partial charge in [-0.1, -0.05) is 27.7 Å². The van der Waals surface area contributed by atoms with E-state index in [1.807, 2.05) is 0 Å². The smallest absolute Gasteiger partial charge is 0.0627 e. The van der Waals surface area contributed by atoms with Crippen LogP contribution in [0.2, 0.25) is 0 Å². The predicted molar refractivity (Wildman–Crippen MR) is 82.4 cm³/mol. The highest BCUT2D eigenvalue weighted by Gasteiger charge is 2.08. The van der Waals surface area contributed by atoms with Gasteiger partial charge in [0, 0.05) is 12.2 Å². The number of aromatic nitrogens is 2. The Morgan fingerprint density at radius 2 is 2.00 bits per heavy atom. The fraction of sp³-hybridized carbons (Fsp3) is 0.812. The second-order valence-electron chi connectivity index (χ2n) is 6.24. The molecule has 0 saturated carbocycles. The average molecular weight is 265 g/mol. The third-order valence-electron chi connectivity index (χ3n) is 3.63. The lowest BCUT2D eigenvalue weighted by molar-refractivity contribution is 0.452. The van der Waals surface area contributed by atoms with Crippen molar-refractivity contribution in [3.63, 3.8) is 0 Å². The highest BCUT2D eigenvalue weighted by Crippen LogP contribution is 2.13. The van der Waals surface area contributed by atoms with E-state index in [9.17, 15) is 0 Å². The molecule has 0 aromatic carbocycles. The van der Waals surface area contributed by atoms with Gasteiger partial charge in [0.1, 0.15) is 0 Å². The Kier molecular flexibility index (Phi) is 7.14. The van der Waals surface area contributed by atoms with E-state index in [0.29, 0.717) is 12.0 Å². The maximum Gasteiger partial charge on any atom is 0.0627 e. The summed E-state index contributed by atoms with van der Waals surface area (Å²) in [6, 6.07) is 2.68. The minimum Gasteiger partial charge on any atom is -0.316 e. The van der Waals surface area contributed by atoms with Crippen molar-refractivity contribution in [1.82, 2.24) is 15.1 Å². The van der Waals surface area contributed by atoms with E-state index < -0.39 is 0 Å². The Morgan fingerprint density at radius 3 is 2.63 bits per heavy atom. The Labute approximate surface area is 118 Å². The van der Waals surface area contributed by atoms with Crippen molar-refractivity contribution in [2.45, 2.75) is 59.9 Å². The molecule has 0 aliphatic heterocycles. The molecule has 3 heteroatoms. The SMILES string of the molecule is CCC(C)n1ccc(CC(C)CCNCC(C)C)n1. The Morgan fingerprint density at radius 1 is 1.26 bits per heavy atom. The van der Waals surface area contributed by atoms with Crippen LogP contribution in [0.1, 0.15) is 59.2 Å². The summed E-state index contributed by atoms with van der Waals surface area (Å²) in [7, 11) is 0. The van der Waals surface area contributed by atoms with Gasteiger partial charge < -0.3 is 5.32 Å². The number of nitrogens with one attached hydrogen (secondary N) is 1. The van der Waals surface area contributed by atoms with Gasteiger partial charge in [-0.25, -0.2) is 0 Å². The number of hydrogen-bond acceptors (Lipinski definition) is 2. The molecule has 1 N–H and O–H groups in total. The lowest BCUT2D eigenvalue weighted by atomic mass is 10.0. The Hall–Kier alpha value is -0.830. The van der Waals surface area contributed by atoms with Crippen LogP contribution >= 0.6 is 0 Å². The van der Waals surface area contributed by atoms with Crippen molar-refractivity contribution >= 4 is 0 Å². The molecule has 1 rings (SSSR count). The van der Waals surface area contributed by atoms with Crippen LogP contribution in [-0.4, -0.2) is 22.9 Å². The molecule has 2 atom stereocenters. The molecule has 0 aliphatic carbocycles. The normalized spacial score (nSPS) is 14.8. The number of hydrogen-bond donors (Lipinski definition) is 1. The van der Waals surface area contributed by atoms with E-state index in [1.165, 1.54) is 12.1 Å². The van der Waals surface area contributed by atoms with Crippen molar-refractivity contribution in [2.75, 3.05) is 13.1 Å². The highest BCUT2D eigenvalue weighted by molar-refractivity contribution is 5.00. The zero-order chi connectivity index (χ0) is 14.3. The molecule has 0 aliphatic rings. The highest BCUT2D eigenvalue weighted by atomic mass is 15.3. The summed E-state index contributed by atoms with van der Waals surface area (Å²) in [6.07, 6.45) is 5.57. The lowest BCUT2D eigenvalue weighted by Crippen LogP contribution is -2.22. The third kappa shape index (κ3) is 6.24. The Bertz CT molecular complexity index is 344. The molecule has 0 radical (unpaired) electrons. The van der Waals surface area contributed by atoms with Gasteiger partial charge in [0.2, 0.25) is 0 Å². The van der Waals surface area contributed by atoms with E-state index in [4.69, 9.17) is 0 Å². The number of nitrogens with zero attached hydrogens (tertiary/aromatic N) is 2. The fourth-order valence-electron chi connectivity index (χ4n) is 2.12. The molecule has 0 saturated heterocycles. The van der Waals surface area contributed by atoms with Crippen LogP contribution in [0.15, 0.2) is 12.3 Å². The van der Waals surface area contributed by atoms with Gasteiger partial charge in [-0.2, -0.15) is 5.10 Å². The van der Waals surface area contributed by atoms with Gasteiger partial charge in [-0.3, -0.25) is 4.68 Å². The molecule has 1 heterocycles. The zero-order valence-corrected chi connectivity index (χ0v) is 13.3.